The lowest BCUT2D eigenvalue weighted by Gasteiger charge is -2.30. The summed E-state index contributed by atoms with van der Waals surface area (Å²) in [6, 6.07) is 7.41. The lowest BCUT2D eigenvalue weighted by molar-refractivity contribution is -0.143. The predicted octanol–water partition coefficient (Wildman–Crippen LogP) is 3.13. The van der Waals surface area contributed by atoms with Gasteiger partial charge in [-0.15, -0.1) is 0 Å². The molecule has 1 aromatic heterocycles. The number of ether oxygens (including phenoxy) is 1. The van der Waals surface area contributed by atoms with Crippen molar-refractivity contribution in [2.75, 3.05) is 5.32 Å². The predicted molar refractivity (Wildman–Crippen MR) is 89.0 cm³/mol. The van der Waals surface area contributed by atoms with Crippen LogP contribution in [-0.4, -0.2) is 21.9 Å². The standard InChI is InChI=1S/C18H17FN4O2/c1-10(2)25-18(24)15-11(3)22-17-12(8-20)9-21-23(17)16(15)13-6-4-5-7-14(13)19/h4-7,9-10,16,22H,1-3H3. The summed E-state index contributed by atoms with van der Waals surface area (Å²) in [6.07, 6.45) is 1.07. The van der Waals surface area contributed by atoms with E-state index < -0.39 is 17.8 Å². The van der Waals surface area contributed by atoms with Crippen molar-refractivity contribution >= 4 is 11.8 Å². The van der Waals surface area contributed by atoms with Crippen LogP contribution in [0.3, 0.4) is 0 Å². The van der Waals surface area contributed by atoms with E-state index in [1.807, 2.05) is 6.07 Å². The maximum atomic E-state index is 14.5. The van der Waals surface area contributed by atoms with Gasteiger partial charge in [0.1, 0.15) is 29.3 Å². The average molecular weight is 340 g/mol. The molecule has 25 heavy (non-hydrogen) atoms. The van der Waals surface area contributed by atoms with Crippen molar-refractivity contribution in [2.45, 2.75) is 32.9 Å². The smallest absolute Gasteiger partial charge is 0.338 e. The third-order valence-electron chi connectivity index (χ3n) is 3.91. The second-order valence-corrected chi connectivity index (χ2v) is 6.01. The Kier molecular flexibility index (Phi) is 4.28. The van der Waals surface area contributed by atoms with Gasteiger partial charge in [0, 0.05) is 11.3 Å². The number of fused-ring (bicyclic) bond motifs is 1. The van der Waals surface area contributed by atoms with Gasteiger partial charge >= 0.3 is 5.97 Å². The van der Waals surface area contributed by atoms with Crippen LogP contribution in [0, 0.1) is 17.1 Å². The molecule has 0 amide bonds. The van der Waals surface area contributed by atoms with Crippen LogP contribution >= 0.6 is 0 Å². The molecule has 1 aliphatic heterocycles. The minimum absolute atomic E-state index is 0.263. The quantitative estimate of drug-likeness (QED) is 0.868. The molecule has 0 fully saturated rings. The lowest BCUT2D eigenvalue weighted by atomic mass is 9.95. The maximum absolute atomic E-state index is 14.5. The first-order valence-electron chi connectivity index (χ1n) is 7.84. The highest BCUT2D eigenvalue weighted by molar-refractivity contribution is 5.93. The van der Waals surface area contributed by atoms with Gasteiger partial charge in [-0.1, -0.05) is 18.2 Å². The van der Waals surface area contributed by atoms with Gasteiger partial charge in [-0.05, 0) is 26.8 Å². The number of nitrogens with one attached hydrogen (secondary N) is 1. The van der Waals surface area contributed by atoms with Crippen LogP contribution in [0.4, 0.5) is 10.2 Å². The van der Waals surface area contributed by atoms with Crippen LogP contribution in [-0.2, 0) is 9.53 Å². The van der Waals surface area contributed by atoms with Gasteiger partial charge in [0.05, 0.1) is 17.9 Å². The number of anilines is 1. The van der Waals surface area contributed by atoms with Crippen LogP contribution in [0.15, 0.2) is 41.7 Å². The zero-order valence-corrected chi connectivity index (χ0v) is 14.1. The fourth-order valence-corrected chi connectivity index (χ4v) is 2.86. The van der Waals surface area contributed by atoms with Crippen molar-refractivity contribution in [3.8, 4) is 6.07 Å². The Labute approximate surface area is 144 Å². The van der Waals surface area contributed by atoms with Gasteiger partial charge in [0.2, 0.25) is 0 Å². The average Bonchev–Trinajstić information content (AvgIpc) is 2.96. The van der Waals surface area contributed by atoms with Crippen molar-refractivity contribution < 1.29 is 13.9 Å². The van der Waals surface area contributed by atoms with Crippen molar-refractivity contribution in [3.05, 3.63) is 58.7 Å². The highest BCUT2D eigenvalue weighted by Gasteiger charge is 2.36. The molecule has 3 rings (SSSR count). The van der Waals surface area contributed by atoms with E-state index in [1.54, 1.807) is 39.0 Å². The third-order valence-corrected chi connectivity index (χ3v) is 3.91. The van der Waals surface area contributed by atoms with E-state index in [9.17, 15) is 14.4 Å². The van der Waals surface area contributed by atoms with E-state index >= 15 is 0 Å². The van der Waals surface area contributed by atoms with E-state index in [0.717, 1.165) is 0 Å². The topological polar surface area (TPSA) is 79.9 Å². The molecule has 1 unspecified atom stereocenters. The Hall–Kier alpha value is -3.14. The summed E-state index contributed by atoms with van der Waals surface area (Å²) in [5, 5.41) is 16.5. The summed E-state index contributed by atoms with van der Waals surface area (Å²) < 4.78 is 21.3. The number of carbonyl (C=O) groups excluding carboxylic acids is 1. The summed E-state index contributed by atoms with van der Waals surface area (Å²) in [5.41, 5.74) is 1.37. The number of rotatable bonds is 3. The minimum atomic E-state index is -0.814. The molecule has 1 aliphatic rings. The number of nitriles is 1. The largest absolute Gasteiger partial charge is 0.459 e. The summed E-state index contributed by atoms with van der Waals surface area (Å²) in [4.78, 5) is 12.7. The zero-order chi connectivity index (χ0) is 18.1. The molecule has 2 heterocycles. The highest BCUT2D eigenvalue weighted by atomic mass is 19.1. The fourth-order valence-electron chi connectivity index (χ4n) is 2.86. The summed E-state index contributed by atoms with van der Waals surface area (Å²) >= 11 is 0. The number of benzene rings is 1. The van der Waals surface area contributed by atoms with Gasteiger partial charge in [-0.2, -0.15) is 10.4 Å². The first-order chi connectivity index (χ1) is 11.9. The molecule has 6 nitrogen and oxygen atoms in total. The molecule has 0 radical (unpaired) electrons. The normalized spacial score (nSPS) is 16.2. The summed E-state index contributed by atoms with van der Waals surface area (Å²) in [5.74, 6) is -0.584. The first kappa shape index (κ1) is 16.7. The number of hydrogen-bond donors (Lipinski definition) is 1. The molecule has 1 aromatic carbocycles. The zero-order valence-electron chi connectivity index (χ0n) is 14.1. The van der Waals surface area contributed by atoms with Gasteiger partial charge in [0.15, 0.2) is 0 Å². The van der Waals surface area contributed by atoms with Crippen molar-refractivity contribution in [1.82, 2.24) is 9.78 Å². The van der Waals surface area contributed by atoms with Crippen molar-refractivity contribution in [2.24, 2.45) is 0 Å². The van der Waals surface area contributed by atoms with Gasteiger partial charge in [-0.3, -0.25) is 0 Å². The first-order valence-corrected chi connectivity index (χ1v) is 7.84. The molecular weight excluding hydrogens is 323 g/mol. The molecule has 0 saturated carbocycles. The summed E-state index contributed by atoms with van der Waals surface area (Å²) in [7, 11) is 0. The van der Waals surface area contributed by atoms with Crippen molar-refractivity contribution in [1.29, 1.82) is 5.26 Å². The fraction of sp³-hybridized carbons (Fsp3) is 0.278. The SMILES string of the molecule is CC1=C(C(=O)OC(C)C)C(c2ccccc2F)n2ncc(C#N)c2N1. The number of allylic oxidation sites excluding steroid dienone is 1. The molecule has 7 heteroatoms. The molecular formula is C18H17FN4O2. The van der Waals surface area contributed by atoms with E-state index in [2.05, 4.69) is 10.4 Å². The van der Waals surface area contributed by atoms with E-state index in [1.165, 1.54) is 16.9 Å². The van der Waals surface area contributed by atoms with E-state index in [0.29, 0.717) is 17.1 Å². The molecule has 0 saturated heterocycles. The minimum Gasteiger partial charge on any atom is -0.459 e. The molecule has 0 spiro atoms. The van der Waals surface area contributed by atoms with Crippen LogP contribution in [0.1, 0.15) is 37.9 Å². The van der Waals surface area contributed by atoms with E-state index in [-0.39, 0.29) is 17.2 Å². The second kappa shape index (κ2) is 6.40. The Morgan fingerprint density at radius 2 is 2.16 bits per heavy atom. The molecule has 0 bridgehead atoms. The molecule has 0 aliphatic carbocycles. The lowest BCUT2D eigenvalue weighted by Crippen LogP contribution is -2.31. The van der Waals surface area contributed by atoms with E-state index in [4.69, 9.17) is 4.74 Å². The maximum Gasteiger partial charge on any atom is 0.338 e. The molecule has 1 atom stereocenters. The molecule has 128 valence electrons. The monoisotopic (exact) mass is 340 g/mol. The highest BCUT2D eigenvalue weighted by Crippen LogP contribution is 2.38. The number of nitrogens with zero attached hydrogens (tertiary/aromatic N) is 3. The van der Waals surface area contributed by atoms with Crippen LogP contribution < -0.4 is 5.32 Å². The molecule has 1 N–H and O–H groups in total. The second-order valence-electron chi connectivity index (χ2n) is 6.01. The number of halogens is 1. The Morgan fingerprint density at radius 1 is 1.44 bits per heavy atom. The Morgan fingerprint density at radius 3 is 2.80 bits per heavy atom. The van der Waals surface area contributed by atoms with Crippen LogP contribution in [0.25, 0.3) is 0 Å². The van der Waals surface area contributed by atoms with Gasteiger partial charge < -0.3 is 10.1 Å². The Balaban J connectivity index is 2.21. The van der Waals surface area contributed by atoms with Crippen LogP contribution in [0.2, 0.25) is 0 Å². The number of hydrogen-bond acceptors (Lipinski definition) is 5. The number of aromatic nitrogens is 2. The third kappa shape index (κ3) is 2.87. The van der Waals surface area contributed by atoms with Gasteiger partial charge in [0.25, 0.3) is 0 Å². The molecule has 2 aromatic rings. The Bertz CT molecular complexity index is 908. The number of carbonyl (C=O) groups is 1. The summed E-state index contributed by atoms with van der Waals surface area (Å²) in [6.45, 7) is 5.19. The number of esters is 1. The van der Waals surface area contributed by atoms with Crippen LogP contribution in [0.5, 0.6) is 0 Å². The van der Waals surface area contributed by atoms with Gasteiger partial charge in [-0.25, -0.2) is 13.9 Å². The van der Waals surface area contributed by atoms with Crippen molar-refractivity contribution in [3.63, 3.8) is 0 Å².